The van der Waals surface area contributed by atoms with E-state index in [1.54, 1.807) is 12.1 Å². The molecule has 1 aromatic rings. The van der Waals surface area contributed by atoms with Crippen molar-refractivity contribution in [3.05, 3.63) is 29.6 Å². The number of carbonyl (C=O) groups excluding carboxylic acids is 1. The summed E-state index contributed by atoms with van der Waals surface area (Å²) in [6.45, 7) is 3.66. The number of aryl methyl sites for hydroxylation is 1. The van der Waals surface area contributed by atoms with Crippen LogP contribution in [0.5, 0.6) is 0 Å². The molecule has 0 aliphatic rings. The van der Waals surface area contributed by atoms with E-state index in [9.17, 15) is 4.79 Å². The quantitative estimate of drug-likeness (QED) is 0.808. The largest absolute Gasteiger partial charge is 0.335 e. The zero-order valence-electron chi connectivity index (χ0n) is 8.82. The van der Waals surface area contributed by atoms with Gasteiger partial charge in [0, 0.05) is 5.69 Å². The van der Waals surface area contributed by atoms with Gasteiger partial charge in [-0.05, 0) is 25.5 Å². The summed E-state index contributed by atoms with van der Waals surface area (Å²) in [5.41, 5.74) is 1.14. The highest BCUT2D eigenvalue weighted by molar-refractivity contribution is 5.92. The summed E-state index contributed by atoms with van der Waals surface area (Å²) >= 11 is 0. The van der Waals surface area contributed by atoms with Crippen molar-refractivity contribution in [3.8, 4) is 6.07 Å². The SMILES string of the molecule is CCC(C#N)NC(=O)c1cccc(C)n1. The van der Waals surface area contributed by atoms with Crippen molar-refractivity contribution >= 4 is 5.91 Å². The number of rotatable bonds is 3. The van der Waals surface area contributed by atoms with E-state index in [-0.39, 0.29) is 5.91 Å². The van der Waals surface area contributed by atoms with Gasteiger partial charge in [0.1, 0.15) is 11.7 Å². The van der Waals surface area contributed by atoms with Crippen molar-refractivity contribution < 1.29 is 4.79 Å². The van der Waals surface area contributed by atoms with Gasteiger partial charge in [0.25, 0.3) is 5.91 Å². The molecule has 1 rings (SSSR count). The van der Waals surface area contributed by atoms with E-state index in [2.05, 4.69) is 10.3 Å². The van der Waals surface area contributed by atoms with E-state index in [1.165, 1.54) is 0 Å². The molecule has 1 N–H and O–H groups in total. The van der Waals surface area contributed by atoms with Crippen LogP contribution in [0.15, 0.2) is 18.2 Å². The van der Waals surface area contributed by atoms with Gasteiger partial charge >= 0.3 is 0 Å². The first-order valence-corrected chi connectivity index (χ1v) is 4.81. The monoisotopic (exact) mass is 203 g/mol. The Morgan fingerprint density at radius 2 is 2.40 bits per heavy atom. The number of nitriles is 1. The third-order valence-electron chi connectivity index (χ3n) is 1.99. The van der Waals surface area contributed by atoms with Crippen LogP contribution >= 0.6 is 0 Å². The Kier molecular flexibility index (Phi) is 3.81. The molecule has 0 fully saturated rings. The van der Waals surface area contributed by atoms with Crippen molar-refractivity contribution in [2.24, 2.45) is 0 Å². The molecule has 0 bridgehead atoms. The first-order valence-electron chi connectivity index (χ1n) is 4.81. The molecule has 1 heterocycles. The van der Waals surface area contributed by atoms with Crippen LogP contribution in [0.1, 0.15) is 29.5 Å². The fourth-order valence-corrected chi connectivity index (χ4v) is 1.13. The van der Waals surface area contributed by atoms with E-state index >= 15 is 0 Å². The second-order valence-corrected chi connectivity index (χ2v) is 3.23. The lowest BCUT2D eigenvalue weighted by Gasteiger charge is -2.08. The maximum Gasteiger partial charge on any atom is 0.270 e. The number of aromatic nitrogens is 1. The number of hydrogen-bond acceptors (Lipinski definition) is 3. The van der Waals surface area contributed by atoms with Gasteiger partial charge in [-0.25, -0.2) is 4.98 Å². The minimum Gasteiger partial charge on any atom is -0.335 e. The Morgan fingerprint density at radius 1 is 1.67 bits per heavy atom. The molecule has 0 saturated carbocycles. The highest BCUT2D eigenvalue weighted by atomic mass is 16.1. The Bertz CT molecular complexity index is 395. The van der Waals surface area contributed by atoms with E-state index < -0.39 is 6.04 Å². The van der Waals surface area contributed by atoms with Crippen molar-refractivity contribution in [3.63, 3.8) is 0 Å². The van der Waals surface area contributed by atoms with Crippen molar-refractivity contribution in [1.29, 1.82) is 5.26 Å². The molecule has 4 heteroatoms. The maximum absolute atomic E-state index is 11.6. The van der Waals surface area contributed by atoms with Gasteiger partial charge in [0.15, 0.2) is 0 Å². The predicted octanol–water partition coefficient (Wildman–Crippen LogP) is 1.42. The molecule has 0 aliphatic heterocycles. The Morgan fingerprint density at radius 3 is 2.93 bits per heavy atom. The Balaban J connectivity index is 2.74. The minimum absolute atomic E-state index is 0.299. The number of hydrogen-bond donors (Lipinski definition) is 1. The molecule has 1 amide bonds. The Labute approximate surface area is 88.9 Å². The molecule has 1 atom stereocenters. The van der Waals surface area contributed by atoms with Crippen molar-refractivity contribution in [2.45, 2.75) is 26.3 Å². The lowest BCUT2D eigenvalue weighted by Crippen LogP contribution is -2.33. The zero-order valence-corrected chi connectivity index (χ0v) is 8.82. The molecule has 0 aliphatic carbocycles. The summed E-state index contributed by atoms with van der Waals surface area (Å²) in [7, 11) is 0. The third kappa shape index (κ3) is 3.06. The normalized spacial score (nSPS) is 11.5. The van der Waals surface area contributed by atoms with Gasteiger partial charge in [-0.3, -0.25) is 4.79 Å². The first kappa shape index (κ1) is 11.2. The molecule has 78 valence electrons. The number of amides is 1. The van der Waals surface area contributed by atoms with Gasteiger partial charge in [0.2, 0.25) is 0 Å². The van der Waals surface area contributed by atoms with E-state index in [4.69, 9.17) is 5.26 Å². The summed E-state index contributed by atoms with van der Waals surface area (Å²) in [5.74, 6) is -0.299. The van der Waals surface area contributed by atoms with Gasteiger partial charge in [-0.2, -0.15) is 5.26 Å². The molecular formula is C11H13N3O. The van der Waals surface area contributed by atoms with Crippen LogP contribution in [0.3, 0.4) is 0 Å². The average Bonchev–Trinajstić information content (AvgIpc) is 2.25. The van der Waals surface area contributed by atoms with Gasteiger partial charge in [0.05, 0.1) is 6.07 Å². The lowest BCUT2D eigenvalue weighted by atomic mass is 10.2. The first-order chi connectivity index (χ1) is 7.17. The van der Waals surface area contributed by atoms with Crippen LogP contribution in [-0.4, -0.2) is 16.9 Å². The number of nitrogens with zero attached hydrogens (tertiary/aromatic N) is 2. The minimum atomic E-state index is -0.445. The summed E-state index contributed by atoms with van der Waals surface area (Å²) < 4.78 is 0. The van der Waals surface area contributed by atoms with Gasteiger partial charge < -0.3 is 5.32 Å². The molecule has 0 radical (unpaired) electrons. The van der Waals surface area contributed by atoms with Crippen LogP contribution in [0.25, 0.3) is 0 Å². The summed E-state index contributed by atoms with van der Waals surface area (Å²) in [4.78, 5) is 15.7. The van der Waals surface area contributed by atoms with E-state index in [0.717, 1.165) is 5.69 Å². The molecule has 0 aromatic carbocycles. The lowest BCUT2D eigenvalue weighted by molar-refractivity contribution is 0.0939. The number of carbonyl (C=O) groups is 1. The van der Waals surface area contributed by atoms with Crippen LogP contribution < -0.4 is 5.32 Å². The second kappa shape index (κ2) is 5.11. The van der Waals surface area contributed by atoms with E-state index in [0.29, 0.717) is 12.1 Å². The molecule has 0 saturated heterocycles. The van der Waals surface area contributed by atoms with Gasteiger partial charge in [-0.15, -0.1) is 0 Å². The van der Waals surface area contributed by atoms with Crippen LogP contribution in [0, 0.1) is 18.3 Å². The van der Waals surface area contributed by atoms with Crippen LogP contribution in [0.2, 0.25) is 0 Å². The molecular weight excluding hydrogens is 190 g/mol. The highest BCUT2D eigenvalue weighted by Crippen LogP contribution is 1.99. The molecule has 0 spiro atoms. The smallest absolute Gasteiger partial charge is 0.270 e. The highest BCUT2D eigenvalue weighted by Gasteiger charge is 2.11. The topological polar surface area (TPSA) is 65.8 Å². The average molecular weight is 203 g/mol. The maximum atomic E-state index is 11.6. The molecule has 1 unspecified atom stereocenters. The van der Waals surface area contributed by atoms with Crippen molar-refractivity contribution in [2.75, 3.05) is 0 Å². The summed E-state index contributed by atoms with van der Waals surface area (Å²) in [5, 5.41) is 11.3. The molecule has 15 heavy (non-hydrogen) atoms. The van der Waals surface area contributed by atoms with Crippen molar-refractivity contribution in [1.82, 2.24) is 10.3 Å². The van der Waals surface area contributed by atoms with Crippen LogP contribution in [-0.2, 0) is 0 Å². The van der Waals surface area contributed by atoms with Crippen LogP contribution in [0.4, 0.5) is 0 Å². The number of pyridine rings is 1. The summed E-state index contributed by atoms with van der Waals surface area (Å²) in [6.07, 6.45) is 0.591. The Hall–Kier alpha value is -1.89. The van der Waals surface area contributed by atoms with E-state index in [1.807, 2.05) is 26.0 Å². The molecule has 1 aromatic heterocycles. The number of nitrogens with one attached hydrogen (secondary N) is 1. The third-order valence-corrected chi connectivity index (χ3v) is 1.99. The standard InChI is InChI=1S/C11H13N3O/c1-3-9(7-12)14-11(15)10-6-4-5-8(2)13-10/h4-6,9H,3H2,1-2H3,(H,14,15). The second-order valence-electron chi connectivity index (χ2n) is 3.23. The van der Waals surface area contributed by atoms with Gasteiger partial charge in [-0.1, -0.05) is 13.0 Å². The fourth-order valence-electron chi connectivity index (χ4n) is 1.13. The zero-order chi connectivity index (χ0) is 11.3. The predicted molar refractivity (Wildman–Crippen MR) is 56.1 cm³/mol. The fraction of sp³-hybridized carbons (Fsp3) is 0.364. The summed E-state index contributed by atoms with van der Waals surface area (Å²) in [6, 6.07) is 6.78. The molecule has 4 nitrogen and oxygen atoms in total.